The number of nitrogen functional groups attached to an aromatic ring is 1. The maximum atomic E-state index is 12.3. The number of anilines is 1. The maximum absolute atomic E-state index is 12.3. The quantitative estimate of drug-likeness (QED) is 0.413. The molecule has 1 saturated heterocycles. The Kier molecular flexibility index (Phi) is 7.53. The van der Waals surface area contributed by atoms with Crippen molar-refractivity contribution in [2.24, 2.45) is 0 Å². The summed E-state index contributed by atoms with van der Waals surface area (Å²) in [5.74, 6) is -0.314. The summed E-state index contributed by atoms with van der Waals surface area (Å²) >= 11 is 2.17. The highest BCUT2D eigenvalue weighted by Gasteiger charge is 2.23. The minimum Gasteiger partial charge on any atom is -0.459 e. The highest BCUT2D eigenvalue weighted by molar-refractivity contribution is 14.1. The van der Waals surface area contributed by atoms with Gasteiger partial charge in [0.1, 0.15) is 6.10 Å². The molecule has 0 aliphatic carbocycles. The second-order valence-corrected chi connectivity index (χ2v) is 7.34. The molecule has 0 bridgehead atoms. The predicted octanol–water partition coefficient (Wildman–Crippen LogP) is 4.12. The molecule has 2 N–H and O–H groups in total. The Labute approximate surface area is 168 Å². The van der Waals surface area contributed by atoms with Gasteiger partial charge < -0.3 is 10.5 Å². The molecule has 0 aromatic heterocycles. The summed E-state index contributed by atoms with van der Waals surface area (Å²) in [6, 6.07) is 15.9. The van der Waals surface area contributed by atoms with Crippen molar-refractivity contribution in [1.29, 1.82) is 0 Å². The first kappa shape index (κ1) is 20.0. The van der Waals surface area contributed by atoms with Gasteiger partial charge in [0.2, 0.25) is 0 Å². The molecule has 2 aromatic rings. The van der Waals surface area contributed by atoms with Gasteiger partial charge in [-0.15, -0.1) is 12.4 Å². The van der Waals surface area contributed by atoms with E-state index in [0.29, 0.717) is 11.3 Å². The largest absolute Gasteiger partial charge is 0.459 e. The van der Waals surface area contributed by atoms with Crippen molar-refractivity contribution in [2.45, 2.75) is 25.5 Å². The monoisotopic (exact) mass is 472 g/mol. The van der Waals surface area contributed by atoms with Gasteiger partial charge in [-0.2, -0.15) is 0 Å². The minimum atomic E-state index is -0.314. The molecular formula is C19H22ClIN2O2. The number of nitrogens with two attached hydrogens (primary N) is 1. The van der Waals surface area contributed by atoms with Crippen LogP contribution in [0.5, 0.6) is 0 Å². The van der Waals surface area contributed by atoms with E-state index < -0.39 is 0 Å². The van der Waals surface area contributed by atoms with Crippen molar-refractivity contribution < 1.29 is 9.53 Å². The standard InChI is InChI=1S/C19H21IN2O2.ClH/c20-15-6-7-17(18(21)12-15)19(23)24-16-8-10-22(11-9-16)13-14-4-2-1-3-5-14;/h1-7,12,16H,8-11,13,21H2;1H. The predicted molar refractivity (Wildman–Crippen MR) is 111 cm³/mol. The van der Waals surface area contributed by atoms with E-state index in [-0.39, 0.29) is 24.5 Å². The molecule has 6 heteroatoms. The number of ether oxygens (including phenoxy) is 1. The Hall–Kier alpha value is -1.31. The summed E-state index contributed by atoms with van der Waals surface area (Å²) in [6.07, 6.45) is 1.70. The van der Waals surface area contributed by atoms with Crippen molar-refractivity contribution in [3.63, 3.8) is 0 Å². The van der Waals surface area contributed by atoms with Crippen LogP contribution in [-0.2, 0) is 11.3 Å². The number of halogens is 2. The Balaban J connectivity index is 0.00000225. The molecule has 25 heavy (non-hydrogen) atoms. The van der Waals surface area contributed by atoms with Crippen molar-refractivity contribution in [3.05, 3.63) is 63.2 Å². The number of piperidine rings is 1. The molecule has 1 fully saturated rings. The SMILES string of the molecule is Cl.Nc1cc(I)ccc1C(=O)OC1CCN(Cc2ccccc2)CC1. The van der Waals surface area contributed by atoms with Crippen LogP contribution in [0.25, 0.3) is 0 Å². The van der Waals surface area contributed by atoms with E-state index in [1.165, 1.54) is 5.56 Å². The lowest BCUT2D eigenvalue weighted by molar-refractivity contribution is 0.0105. The van der Waals surface area contributed by atoms with Crippen molar-refractivity contribution in [1.82, 2.24) is 4.90 Å². The maximum Gasteiger partial charge on any atom is 0.340 e. The molecule has 0 unspecified atom stereocenters. The lowest BCUT2D eigenvalue weighted by Gasteiger charge is -2.31. The molecule has 3 rings (SSSR count). The lowest BCUT2D eigenvalue weighted by atomic mass is 10.1. The number of hydrogen-bond donors (Lipinski definition) is 1. The van der Waals surface area contributed by atoms with Crippen molar-refractivity contribution in [3.8, 4) is 0 Å². The molecule has 1 aliphatic heterocycles. The van der Waals surface area contributed by atoms with Gasteiger partial charge in [0.25, 0.3) is 0 Å². The van der Waals surface area contributed by atoms with Crippen LogP contribution in [0.3, 0.4) is 0 Å². The molecule has 0 spiro atoms. The van der Waals surface area contributed by atoms with Gasteiger partial charge in [-0.05, 0) is 59.2 Å². The van der Waals surface area contributed by atoms with Crippen LogP contribution in [0.4, 0.5) is 5.69 Å². The molecular weight excluding hydrogens is 451 g/mol. The fourth-order valence-corrected chi connectivity index (χ4v) is 3.48. The molecule has 134 valence electrons. The van der Waals surface area contributed by atoms with Crippen LogP contribution in [0, 0.1) is 3.57 Å². The molecule has 0 radical (unpaired) electrons. The second kappa shape index (κ2) is 9.40. The lowest BCUT2D eigenvalue weighted by Crippen LogP contribution is -2.37. The summed E-state index contributed by atoms with van der Waals surface area (Å²) in [6.45, 7) is 2.83. The number of carbonyl (C=O) groups is 1. The van der Waals surface area contributed by atoms with Crippen LogP contribution in [0.2, 0.25) is 0 Å². The number of esters is 1. The zero-order valence-corrected chi connectivity index (χ0v) is 16.8. The molecule has 1 heterocycles. The summed E-state index contributed by atoms with van der Waals surface area (Å²) in [5, 5.41) is 0. The third-order valence-electron chi connectivity index (χ3n) is 4.29. The number of benzene rings is 2. The molecule has 4 nitrogen and oxygen atoms in total. The molecule has 0 saturated carbocycles. The molecule has 0 atom stereocenters. The summed E-state index contributed by atoms with van der Waals surface area (Å²) < 4.78 is 6.66. The van der Waals surface area contributed by atoms with Gasteiger partial charge in [-0.1, -0.05) is 30.3 Å². The number of nitrogens with zero attached hydrogens (tertiary/aromatic N) is 1. The zero-order chi connectivity index (χ0) is 16.9. The Morgan fingerprint density at radius 3 is 2.48 bits per heavy atom. The minimum absolute atomic E-state index is 0. The Morgan fingerprint density at radius 2 is 1.84 bits per heavy atom. The van der Waals surface area contributed by atoms with E-state index >= 15 is 0 Å². The zero-order valence-electron chi connectivity index (χ0n) is 13.9. The number of carbonyl (C=O) groups excluding carboxylic acids is 1. The van der Waals surface area contributed by atoms with Crippen molar-refractivity contribution >= 4 is 46.7 Å². The first-order valence-electron chi connectivity index (χ1n) is 8.14. The molecule has 2 aromatic carbocycles. The first-order chi connectivity index (χ1) is 11.6. The van der Waals surface area contributed by atoms with E-state index in [2.05, 4.69) is 51.8 Å². The third-order valence-corrected chi connectivity index (χ3v) is 4.96. The van der Waals surface area contributed by atoms with Gasteiger partial charge in [-0.25, -0.2) is 4.79 Å². The number of hydrogen-bond acceptors (Lipinski definition) is 4. The highest BCUT2D eigenvalue weighted by atomic mass is 127. The van der Waals surface area contributed by atoms with Gasteiger partial charge in [-0.3, -0.25) is 4.90 Å². The highest BCUT2D eigenvalue weighted by Crippen LogP contribution is 2.21. The molecule has 0 amide bonds. The van der Waals surface area contributed by atoms with Gasteiger partial charge >= 0.3 is 5.97 Å². The normalized spacial score (nSPS) is 15.4. The average Bonchev–Trinajstić information content (AvgIpc) is 2.57. The Morgan fingerprint density at radius 1 is 1.16 bits per heavy atom. The van der Waals surface area contributed by atoms with Gasteiger partial charge in [0, 0.05) is 28.9 Å². The summed E-state index contributed by atoms with van der Waals surface area (Å²) in [7, 11) is 0. The number of rotatable bonds is 4. The van der Waals surface area contributed by atoms with E-state index in [1.54, 1.807) is 12.1 Å². The first-order valence-corrected chi connectivity index (χ1v) is 9.22. The second-order valence-electron chi connectivity index (χ2n) is 6.10. The summed E-state index contributed by atoms with van der Waals surface area (Å²) in [4.78, 5) is 14.7. The van der Waals surface area contributed by atoms with Crippen LogP contribution in [0.1, 0.15) is 28.8 Å². The molecule has 1 aliphatic rings. The Bertz CT molecular complexity index is 704. The van der Waals surface area contributed by atoms with Gasteiger partial charge in [0.05, 0.1) is 5.56 Å². The van der Waals surface area contributed by atoms with E-state index in [9.17, 15) is 4.79 Å². The topological polar surface area (TPSA) is 55.6 Å². The van der Waals surface area contributed by atoms with Gasteiger partial charge in [0.15, 0.2) is 0 Å². The van der Waals surface area contributed by atoms with Crippen LogP contribution in [-0.4, -0.2) is 30.1 Å². The van der Waals surface area contributed by atoms with E-state index in [4.69, 9.17) is 10.5 Å². The van der Waals surface area contributed by atoms with E-state index in [1.807, 2.05) is 12.1 Å². The smallest absolute Gasteiger partial charge is 0.340 e. The van der Waals surface area contributed by atoms with Crippen molar-refractivity contribution in [2.75, 3.05) is 18.8 Å². The fraction of sp³-hybridized carbons (Fsp3) is 0.316. The fourth-order valence-electron chi connectivity index (χ4n) is 2.96. The summed E-state index contributed by atoms with van der Waals surface area (Å²) in [5.41, 5.74) is 8.18. The van der Waals surface area contributed by atoms with Crippen LogP contribution >= 0.6 is 35.0 Å². The number of likely N-dealkylation sites (tertiary alicyclic amines) is 1. The van der Waals surface area contributed by atoms with Crippen LogP contribution < -0.4 is 5.73 Å². The van der Waals surface area contributed by atoms with Crippen LogP contribution in [0.15, 0.2) is 48.5 Å². The van der Waals surface area contributed by atoms with E-state index in [0.717, 1.165) is 36.0 Å². The average molecular weight is 473 g/mol. The third kappa shape index (κ3) is 5.59.